The van der Waals surface area contributed by atoms with E-state index in [1.807, 2.05) is 12.1 Å². The number of aromatic nitrogens is 1. The van der Waals surface area contributed by atoms with Gasteiger partial charge in [-0.1, -0.05) is 6.07 Å². The van der Waals surface area contributed by atoms with E-state index in [4.69, 9.17) is 4.74 Å². The molecule has 2 aromatic rings. The molecule has 1 fully saturated rings. The molecule has 0 N–H and O–H groups in total. The Balaban J connectivity index is 1.81. The highest BCUT2D eigenvalue weighted by molar-refractivity contribution is 5.94. The van der Waals surface area contributed by atoms with Crippen molar-refractivity contribution in [2.75, 3.05) is 13.2 Å². The van der Waals surface area contributed by atoms with Crippen LogP contribution in [0.1, 0.15) is 34.3 Å². The number of ether oxygens (including phenoxy) is 1. The molecule has 0 spiro atoms. The molecule has 1 amide bonds. The van der Waals surface area contributed by atoms with E-state index in [1.165, 1.54) is 6.07 Å². The first-order valence-electron chi connectivity index (χ1n) is 8.19. The van der Waals surface area contributed by atoms with Crippen LogP contribution >= 0.6 is 0 Å². The second kappa shape index (κ2) is 7.53. The normalized spacial score (nSPS) is 17.0. The molecule has 24 heavy (non-hydrogen) atoms. The van der Waals surface area contributed by atoms with E-state index in [0.717, 1.165) is 25.0 Å². The van der Waals surface area contributed by atoms with Gasteiger partial charge in [0, 0.05) is 37.7 Å². The predicted octanol–water partition coefficient (Wildman–Crippen LogP) is 3.35. The molecule has 126 valence electrons. The second-order valence-corrected chi connectivity index (χ2v) is 6.14. The van der Waals surface area contributed by atoms with E-state index in [0.29, 0.717) is 24.2 Å². The topological polar surface area (TPSA) is 42.4 Å². The van der Waals surface area contributed by atoms with Gasteiger partial charge in [0.15, 0.2) is 0 Å². The Morgan fingerprint density at radius 1 is 1.33 bits per heavy atom. The van der Waals surface area contributed by atoms with Crippen LogP contribution in [-0.4, -0.2) is 35.0 Å². The summed E-state index contributed by atoms with van der Waals surface area (Å²) < 4.78 is 19.5. The van der Waals surface area contributed by atoms with E-state index in [1.54, 1.807) is 36.4 Å². The molecule has 1 aliphatic rings. The number of nitrogens with zero attached hydrogens (tertiary/aromatic N) is 2. The number of carbonyl (C=O) groups is 1. The highest BCUT2D eigenvalue weighted by Crippen LogP contribution is 2.18. The molecule has 1 aromatic carbocycles. The van der Waals surface area contributed by atoms with Crippen LogP contribution in [0.5, 0.6) is 0 Å². The summed E-state index contributed by atoms with van der Waals surface area (Å²) in [6.07, 6.45) is 5.42. The molecule has 0 saturated carbocycles. The Bertz CT molecular complexity index is 700. The van der Waals surface area contributed by atoms with E-state index >= 15 is 0 Å². The van der Waals surface area contributed by atoms with Gasteiger partial charge in [-0.2, -0.15) is 0 Å². The summed E-state index contributed by atoms with van der Waals surface area (Å²) in [4.78, 5) is 18.6. The van der Waals surface area contributed by atoms with E-state index in [-0.39, 0.29) is 17.8 Å². The number of benzene rings is 1. The maximum Gasteiger partial charge on any atom is 0.254 e. The first-order valence-corrected chi connectivity index (χ1v) is 8.19. The van der Waals surface area contributed by atoms with Crippen LogP contribution in [-0.2, 0) is 11.3 Å². The van der Waals surface area contributed by atoms with Crippen LogP contribution in [0.2, 0.25) is 0 Å². The number of aryl methyl sites for hydroxylation is 1. The molecule has 3 rings (SSSR count). The van der Waals surface area contributed by atoms with Gasteiger partial charge in [-0.25, -0.2) is 4.39 Å². The first kappa shape index (κ1) is 16.6. The number of halogens is 1. The third kappa shape index (κ3) is 3.97. The van der Waals surface area contributed by atoms with Gasteiger partial charge in [0.25, 0.3) is 5.91 Å². The third-order valence-electron chi connectivity index (χ3n) is 4.28. The SMILES string of the molecule is Cc1ccc(C(=O)N(Cc2ccncc2)C[C@H]2CCCO2)cc1F. The molecule has 1 aliphatic heterocycles. The highest BCUT2D eigenvalue weighted by Gasteiger charge is 2.24. The average molecular weight is 328 g/mol. The lowest BCUT2D eigenvalue weighted by Crippen LogP contribution is -2.37. The lowest BCUT2D eigenvalue weighted by Gasteiger charge is -2.26. The number of rotatable bonds is 5. The fourth-order valence-corrected chi connectivity index (χ4v) is 2.87. The Hall–Kier alpha value is -2.27. The first-order chi connectivity index (χ1) is 11.6. The van der Waals surface area contributed by atoms with E-state index in [2.05, 4.69) is 4.98 Å². The van der Waals surface area contributed by atoms with Crippen molar-refractivity contribution in [3.63, 3.8) is 0 Å². The standard InChI is InChI=1S/C19H21FN2O2/c1-14-4-5-16(11-18(14)20)19(23)22(13-17-3-2-10-24-17)12-15-6-8-21-9-7-15/h4-9,11,17H,2-3,10,12-13H2,1H3/t17-/m1/s1. The molecule has 4 nitrogen and oxygen atoms in total. The fourth-order valence-electron chi connectivity index (χ4n) is 2.87. The lowest BCUT2D eigenvalue weighted by atomic mass is 10.1. The summed E-state index contributed by atoms with van der Waals surface area (Å²) in [6, 6.07) is 8.39. The number of amides is 1. The van der Waals surface area contributed by atoms with Crippen molar-refractivity contribution in [2.45, 2.75) is 32.4 Å². The molecule has 1 aromatic heterocycles. The molecule has 0 radical (unpaired) electrons. The average Bonchev–Trinajstić information content (AvgIpc) is 3.10. The number of hydrogen-bond acceptors (Lipinski definition) is 3. The third-order valence-corrected chi connectivity index (χ3v) is 4.28. The largest absolute Gasteiger partial charge is 0.376 e. The Morgan fingerprint density at radius 2 is 2.12 bits per heavy atom. The van der Waals surface area contributed by atoms with Crippen molar-refractivity contribution in [1.82, 2.24) is 9.88 Å². The molecule has 2 heterocycles. The van der Waals surface area contributed by atoms with E-state index in [9.17, 15) is 9.18 Å². The second-order valence-electron chi connectivity index (χ2n) is 6.14. The summed E-state index contributed by atoms with van der Waals surface area (Å²) in [7, 11) is 0. The van der Waals surface area contributed by atoms with Gasteiger partial charge in [-0.3, -0.25) is 9.78 Å². The number of hydrogen-bond donors (Lipinski definition) is 0. The quantitative estimate of drug-likeness (QED) is 0.845. The van der Waals surface area contributed by atoms with Gasteiger partial charge in [-0.05, 0) is 55.2 Å². The Morgan fingerprint density at radius 3 is 2.79 bits per heavy atom. The van der Waals surface area contributed by atoms with Crippen molar-refractivity contribution in [1.29, 1.82) is 0 Å². The molecular weight excluding hydrogens is 307 g/mol. The number of carbonyl (C=O) groups excluding carboxylic acids is 1. The summed E-state index contributed by atoms with van der Waals surface area (Å²) in [5.41, 5.74) is 1.89. The summed E-state index contributed by atoms with van der Waals surface area (Å²) in [5.74, 6) is -0.539. The van der Waals surface area contributed by atoms with Crippen LogP contribution in [0.4, 0.5) is 4.39 Å². The van der Waals surface area contributed by atoms with Crippen LogP contribution in [0.25, 0.3) is 0 Å². The highest BCUT2D eigenvalue weighted by atomic mass is 19.1. The molecule has 0 unspecified atom stereocenters. The minimum absolute atomic E-state index is 0.0473. The van der Waals surface area contributed by atoms with E-state index < -0.39 is 0 Å². The molecule has 5 heteroatoms. The van der Waals surface area contributed by atoms with Crippen LogP contribution in [0.15, 0.2) is 42.7 Å². The summed E-state index contributed by atoms with van der Waals surface area (Å²) >= 11 is 0. The Kier molecular flexibility index (Phi) is 5.20. The maximum atomic E-state index is 13.8. The van der Waals surface area contributed by atoms with Crippen molar-refractivity contribution in [3.05, 3.63) is 65.2 Å². The van der Waals surface area contributed by atoms with Crippen LogP contribution in [0, 0.1) is 12.7 Å². The molecule has 1 saturated heterocycles. The maximum absolute atomic E-state index is 13.8. The van der Waals surface area contributed by atoms with Crippen molar-refractivity contribution in [3.8, 4) is 0 Å². The van der Waals surface area contributed by atoms with Crippen LogP contribution < -0.4 is 0 Å². The fraction of sp³-hybridized carbons (Fsp3) is 0.368. The van der Waals surface area contributed by atoms with Crippen molar-refractivity contribution >= 4 is 5.91 Å². The van der Waals surface area contributed by atoms with Gasteiger partial charge in [0.2, 0.25) is 0 Å². The predicted molar refractivity (Wildman–Crippen MR) is 89.1 cm³/mol. The minimum Gasteiger partial charge on any atom is -0.376 e. The summed E-state index contributed by atoms with van der Waals surface area (Å²) in [6.45, 7) is 3.39. The zero-order valence-electron chi connectivity index (χ0n) is 13.7. The van der Waals surface area contributed by atoms with Gasteiger partial charge in [0.05, 0.1) is 6.10 Å². The van der Waals surface area contributed by atoms with Gasteiger partial charge < -0.3 is 9.64 Å². The monoisotopic (exact) mass is 328 g/mol. The van der Waals surface area contributed by atoms with Gasteiger partial charge >= 0.3 is 0 Å². The van der Waals surface area contributed by atoms with Gasteiger partial charge in [-0.15, -0.1) is 0 Å². The molecule has 1 atom stereocenters. The zero-order chi connectivity index (χ0) is 16.9. The molecule has 0 aliphatic carbocycles. The van der Waals surface area contributed by atoms with Crippen molar-refractivity contribution < 1.29 is 13.9 Å². The van der Waals surface area contributed by atoms with Gasteiger partial charge in [0.1, 0.15) is 5.82 Å². The minimum atomic E-state index is -0.359. The van der Waals surface area contributed by atoms with Crippen LogP contribution in [0.3, 0.4) is 0 Å². The zero-order valence-corrected chi connectivity index (χ0v) is 13.7. The lowest BCUT2D eigenvalue weighted by molar-refractivity contribution is 0.0507. The summed E-state index contributed by atoms with van der Waals surface area (Å²) in [5, 5.41) is 0. The van der Waals surface area contributed by atoms with Crippen molar-refractivity contribution in [2.24, 2.45) is 0 Å². The Labute approximate surface area is 141 Å². The molecule has 0 bridgehead atoms. The molecular formula is C19H21FN2O2. The smallest absolute Gasteiger partial charge is 0.254 e. The number of pyridine rings is 1.